The minimum Gasteiger partial charge on any atom is -0.550 e. The maximum Gasteiger partial charge on any atom is 0.0826 e. The quantitative estimate of drug-likeness (QED) is 0.400. The molecule has 9 heavy (non-hydrogen) atoms. The van der Waals surface area contributed by atoms with Gasteiger partial charge >= 0.3 is 0 Å². The van der Waals surface area contributed by atoms with Crippen LogP contribution in [0.1, 0.15) is 6.92 Å². The topological polar surface area (TPSA) is 100 Å². The predicted octanol–water partition coefficient (Wildman–Crippen LogP) is -3.52. The molecule has 0 atom stereocenters. The lowest BCUT2D eigenvalue weighted by Crippen LogP contribution is -2.25. The normalized spacial score (nSPS) is 6.89. The smallest absolute Gasteiger partial charge is 0.0826 e. The van der Waals surface area contributed by atoms with Crippen LogP contribution in [-0.4, -0.2) is 23.7 Å². The molecule has 0 spiro atoms. The van der Waals surface area contributed by atoms with Crippen LogP contribution in [0.3, 0.4) is 0 Å². The van der Waals surface area contributed by atoms with E-state index in [9.17, 15) is 0 Å². The third kappa shape index (κ3) is 205. The Balaban J connectivity index is 0. The number of carboxylic acid groups (broad SMARTS) is 2. The molecule has 0 saturated carbocycles. The van der Waals surface area contributed by atoms with Crippen molar-refractivity contribution in [3.8, 4) is 0 Å². The van der Waals surface area contributed by atoms with E-state index < -0.39 is 18.5 Å². The van der Waals surface area contributed by atoms with E-state index in [1.165, 1.54) is 0 Å². The summed E-state index contributed by atoms with van der Waals surface area (Å²) < 4.78 is 0. The first kappa shape index (κ1) is 10.8. The van der Waals surface area contributed by atoms with Crippen molar-refractivity contribution in [3.05, 3.63) is 0 Å². The second-order valence-corrected chi connectivity index (χ2v) is 1.02. The van der Waals surface area contributed by atoms with E-state index in [0.29, 0.717) is 0 Å². The number of aliphatic hydroxyl groups excluding tert-OH is 1. The summed E-state index contributed by atoms with van der Waals surface area (Å²) in [6, 6.07) is 0. The summed E-state index contributed by atoms with van der Waals surface area (Å²) in [6.45, 7) is 0.0833. The van der Waals surface area contributed by atoms with E-state index in [4.69, 9.17) is 24.9 Å². The minimum absolute atomic E-state index is 0.889. The summed E-state index contributed by atoms with van der Waals surface area (Å²) in [5.74, 6) is -2.52. The van der Waals surface area contributed by atoms with E-state index >= 15 is 0 Å². The number of hydrogen-bond acceptors (Lipinski definition) is 5. The maximum atomic E-state index is 9.01. The number of carbonyl (C=O) groups is 2. The first-order valence-corrected chi connectivity index (χ1v) is 1.99. The Kier molecular flexibility index (Phi) is 8.28. The van der Waals surface area contributed by atoms with Crippen LogP contribution in [0.15, 0.2) is 0 Å². The second kappa shape index (κ2) is 6.90. The number of rotatable bonds is 1. The van der Waals surface area contributed by atoms with E-state index in [1.807, 2.05) is 0 Å². The molecule has 0 heterocycles. The fourth-order valence-corrected chi connectivity index (χ4v) is 0. The van der Waals surface area contributed by atoms with E-state index in [2.05, 4.69) is 0 Å². The first-order valence-electron chi connectivity index (χ1n) is 1.99. The maximum absolute atomic E-state index is 9.01. The molecule has 5 nitrogen and oxygen atoms in total. The molecule has 0 amide bonds. The molecule has 0 aromatic heterocycles. The lowest BCUT2D eigenvalue weighted by Gasteiger charge is -1.86. The molecule has 0 aliphatic rings. The molecular formula is C4H6O5-2. The monoisotopic (exact) mass is 134 g/mol. The summed E-state index contributed by atoms with van der Waals surface area (Å²) in [6.07, 6.45) is 0. The Morgan fingerprint density at radius 3 is 1.56 bits per heavy atom. The van der Waals surface area contributed by atoms with Gasteiger partial charge in [0.05, 0.1) is 12.6 Å². The van der Waals surface area contributed by atoms with Gasteiger partial charge in [-0.15, -0.1) is 0 Å². The van der Waals surface area contributed by atoms with Gasteiger partial charge in [0.25, 0.3) is 0 Å². The van der Waals surface area contributed by atoms with Crippen molar-refractivity contribution < 1.29 is 24.9 Å². The van der Waals surface area contributed by atoms with E-state index in [0.717, 1.165) is 6.92 Å². The van der Waals surface area contributed by atoms with Crippen molar-refractivity contribution in [1.29, 1.82) is 0 Å². The van der Waals surface area contributed by atoms with Crippen molar-refractivity contribution in [1.82, 2.24) is 0 Å². The van der Waals surface area contributed by atoms with Crippen molar-refractivity contribution >= 4 is 11.9 Å². The zero-order valence-electron chi connectivity index (χ0n) is 4.79. The molecule has 0 aromatic rings. The fraction of sp³-hybridized carbons (Fsp3) is 0.500. The van der Waals surface area contributed by atoms with Gasteiger partial charge in [0.15, 0.2) is 0 Å². The molecule has 0 aromatic carbocycles. The molecule has 54 valence electrons. The average Bonchev–Trinajstić information content (AvgIpc) is 1.65. The Labute approximate surface area is 51.5 Å². The lowest BCUT2D eigenvalue weighted by atomic mass is 10.8. The fourth-order valence-electron chi connectivity index (χ4n) is 0. The van der Waals surface area contributed by atoms with Crippen LogP contribution in [0.25, 0.3) is 0 Å². The Bertz CT molecular complexity index is 93.1. The molecule has 0 saturated heterocycles. The van der Waals surface area contributed by atoms with Gasteiger partial charge in [-0.05, 0) is 6.92 Å². The van der Waals surface area contributed by atoms with Gasteiger partial charge in [-0.2, -0.15) is 0 Å². The molecule has 0 aliphatic heterocycles. The van der Waals surface area contributed by atoms with Crippen LogP contribution >= 0.6 is 0 Å². The number of hydrogen-bond donors (Lipinski definition) is 1. The van der Waals surface area contributed by atoms with Crippen molar-refractivity contribution in [2.45, 2.75) is 6.92 Å². The summed E-state index contributed by atoms with van der Waals surface area (Å²) in [4.78, 5) is 17.9. The van der Waals surface area contributed by atoms with Crippen molar-refractivity contribution in [2.75, 3.05) is 6.61 Å². The highest BCUT2D eigenvalue weighted by Gasteiger charge is 1.66. The highest BCUT2D eigenvalue weighted by molar-refractivity contribution is 5.65. The van der Waals surface area contributed by atoms with E-state index in [1.54, 1.807) is 0 Å². The van der Waals surface area contributed by atoms with Gasteiger partial charge in [-0.25, -0.2) is 0 Å². The SMILES string of the molecule is CC(=O)[O-].O=C([O-])CO. The predicted molar refractivity (Wildman–Crippen MR) is 22.8 cm³/mol. The molecule has 0 aliphatic carbocycles. The van der Waals surface area contributed by atoms with E-state index in [-0.39, 0.29) is 0 Å². The zero-order valence-corrected chi connectivity index (χ0v) is 4.79. The molecule has 0 bridgehead atoms. The van der Waals surface area contributed by atoms with Crippen LogP contribution in [0.2, 0.25) is 0 Å². The summed E-state index contributed by atoms with van der Waals surface area (Å²) in [5.41, 5.74) is 0. The lowest BCUT2D eigenvalue weighted by molar-refractivity contribution is -0.308. The second-order valence-electron chi connectivity index (χ2n) is 1.02. The number of aliphatic hydroxyl groups is 1. The molecule has 1 N–H and O–H groups in total. The largest absolute Gasteiger partial charge is 0.550 e. The molecular weight excluding hydrogens is 128 g/mol. The minimum atomic E-state index is -1.44. The first-order chi connectivity index (χ1) is 4.00. The highest BCUT2D eigenvalue weighted by Crippen LogP contribution is 1.40. The van der Waals surface area contributed by atoms with Crippen LogP contribution in [0.4, 0.5) is 0 Å². The molecule has 0 fully saturated rings. The summed E-state index contributed by atoms with van der Waals surface area (Å²) in [5, 5.41) is 25.4. The number of carbonyl (C=O) groups excluding carboxylic acids is 2. The Morgan fingerprint density at radius 1 is 1.44 bits per heavy atom. The van der Waals surface area contributed by atoms with Crippen LogP contribution < -0.4 is 10.2 Å². The number of aliphatic carboxylic acids is 2. The van der Waals surface area contributed by atoms with Crippen molar-refractivity contribution in [2.24, 2.45) is 0 Å². The highest BCUT2D eigenvalue weighted by atomic mass is 16.4. The molecule has 0 rings (SSSR count). The van der Waals surface area contributed by atoms with Crippen LogP contribution in [0, 0.1) is 0 Å². The van der Waals surface area contributed by atoms with Gasteiger partial charge in [0.1, 0.15) is 0 Å². The van der Waals surface area contributed by atoms with Gasteiger partial charge < -0.3 is 24.9 Å². The average molecular weight is 134 g/mol. The third-order valence-electron chi connectivity index (χ3n) is 0.129. The van der Waals surface area contributed by atoms with Gasteiger partial charge in [-0.3, -0.25) is 0 Å². The summed E-state index contributed by atoms with van der Waals surface area (Å²) in [7, 11) is 0. The Morgan fingerprint density at radius 2 is 1.56 bits per heavy atom. The summed E-state index contributed by atoms with van der Waals surface area (Å²) >= 11 is 0. The molecule has 5 heteroatoms. The molecule has 0 radical (unpaired) electrons. The van der Waals surface area contributed by atoms with Gasteiger partial charge in [0, 0.05) is 5.97 Å². The Hall–Kier alpha value is -1.10. The van der Waals surface area contributed by atoms with Crippen molar-refractivity contribution in [3.63, 3.8) is 0 Å². The standard InChI is InChI=1S/C2H4O3.C2H4O2/c3-1-2(4)5;1-2(3)4/h3H,1H2,(H,4,5);1H3,(H,3,4)/p-2. The van der Waals surface area contributed by atoms with Crippen LogP contribution in [-0.2, 0) is 9.59 Å². The van der Waals surface area contributed by atoms with Gasteiger partial charge in [-0.1, -0.05) is 0 Å². The third-order valence-corrected chi connectivity index (χ3v) is 0.129. The van der Waals surface area contributed by atoms with Crippen LogP contribution in [0.5, 0.6) is 0 Å². The zero-order chi connectivity index (χ0) is 7.86. The van der Waals surface area contributed by atoms with Gasteiger partial charge in [0.2, 0.25) is 0 Å². The molecule has 0 unspecified atom stereocenters. The number of carboxylic acids is 2.